The van der Waals surface area contributed by atoms with Crippen molar-refractivity contribution in [3.8, 4) is 5.75 Å². The molecule has 13 heteroatoms. The molecule has 1 aromatic heterocycles. The zero-order valence-electron chi connectivity index (χ0n) is 17.1. The highest BCUT2D eigenvalue weighted by molar-refractivity contribution is 7.91. The second kappa shape index (κ2) is 10.3. The molecule has 0 fully saturated rings. The Bertz CT molecular complexity index is 992. The van der Waals surface area contributed by atoms with Gasteiger partial charge in [-0.1, -0.05) is 18.3 Å². The molecule has 0 saturated heterocycles. The van der Waals surface area contributed by atoms with Gasteiger partial charge in [-0.3, -0.25) is 4.90 Å². The fraction of sp³-hybridized carbons (Fsp3) is 0.444. The maximum absolute atomic E-state index is 12.8. The van der Waals surface area contributed by atoms with Crippen LogP contribution in [0.1, 0.15) is 26.0 Å². The first-order valence-electron chi connectivity index (χ1n) is 9.32. The zero-order valence-corrected chi connectivity index (χ0v) is 18.7. The number of ether oxygens (including phenoxy) is 1. The normalized spacial score (nSPS) is 11.9. The number of amides is 2. The second-order valence-corrected chi connectivity index (χ2v) is 9.29. The van der Waals surface area contributed by atoms with Crippen molar-refractivity contribution in [2.45, 2.75) is 37.6 Å². The molecule has 1 aromatic carbocycles. The van der Waals surface area contributed by atoms with Crippen LogP contribution in [-0.4, -0.2) is 45.3 Å². The van der Waals surface area contributed by atoms with Crippen LogP contribution in [0.5, 0.6) is 5.75 Å². The molecule has 0 radical (unpaired) electrons. The van der Waals surface area contributed by atoms with Crippen molar-refractivity contribution >= 4 is 38.2 Å². The fourth-order valence-electron chi connectivity index (χ4n) is 2.48. The first-order chi connectivity index (χ1) is 14.5. The van der Waals surface area contributed by atoms with Crippen LogP contribution >= 0.6 is 11.3 Å². The van der Waals surface area contributed by atoms with Gasteiger partial charge in [-0.15, -0.1) is 0 Å². The molecule has 0 aliphatic heterocycles. The third kappa shape index (κ3) is 7.08. The van der Waals surface area contributed by atoms with E-state index in [0.29, 0.717) is 35.8 Å². The SMILES string of the molecule is CCCN(C(=O)Nc1ccc(OCC)cc1)c1nc(C)c(S(=O)(=O)NCC(F)(F)F)s1. The van der Waals surface area contributed by atoms with E-state index in [2.05, 4.69) is 10.3 Å². The topological polar surface area (TPSA) is 101 Å². The summed E-state index contributed by atoms with van der Waals surface area (Å²) >= 11 is 0.629. The van der Waals surface area contributed by atoms with Gasteiger partial charge in [-0.25, -0.2) is 22.9 Å². The van der Waals surface area contributed by atoms with E-state index in [-0.39, 0.29) is 21.6 Å². The van der Waals surface area contributed by atoms with Crippen LogP contribution in [0, 0.1) is 6.92 Å². The number of urea groups is 1. The molecule has 31 heavy (non-hydrogen) atoms. The number of nitrogens with one attached hydrogen (secondary N) is 2. The molecule has 8 nitrogen and oxygen atoms in total. The minimum atomic E-state index is -4.69. The van der Waals surface area contributed by atoms with E-state index in [1.807, 2.05) is 13.8 Å². The highest BCUT2D eigenvalue weighted by atomic mass is 32.2. The van der Waals surface area contributed by atoms with Gasteiger partial charge in [-0.05, 0) is 44.5 Å². The van der Waals surface area contributed by atoms with E-state index in [1.54, 1.807) is 24.3 Å². The number of halogens is 3. The quantitative estimate of drug-likeness (QED) is 0.562. The van der Waals surface area contributed by atoms with Crippen molar-refractivity contribution in [1.29, 1.82) is 0 Å². The summed E-state index contributed by atoms with van der Waals surface area (Å²) in [6.07, 6.45) is -4.15. The number of hydrogen-bond acceptors (Lipinski definition) is 6. The smallest absolute Gasteiger partial charge is 0.402 e. The average molecular weight is 481 g/mol. The average Bonchev–Trinajstić information content (AvgIpc) is 3.08. The van der Waals surface area contributed by atoms with Gasteiger partial charge < -0.3 is 10.1 Å². The summed E-state index contributed by atoms with van der Waals surface area (Å²) in [6, 6.07) is 6.13. The lowest BCUT2D eigenvalue weighted by atomic mass is 10.3. The lowest BCUT2D eigenvalue weighted by Crippen LogP contribution is -2.35. The summed E-state index contributed by atoms with van der Waals surface area (Å²) in [6.45, 7) is 4.06. The second-order valence-electron chi connectivity index (χ2n) is 6.35. The molecule has 0 aliphatic carbocycles. The van der Waals surface area contributed by atoms with E-state index < -0.39 is 28.8 Å². The fourth-order valence-corrected chi connectivity index (χ4v) is 5.06. The number of carbonyl (C=O) groups excluding carboxylic acids is 1. The highest BCUT2D eigenvalue weighted by Crippen LogP contribution is 2.31. The van der Waals surface area contributed by atoms with Gasteiger partial charge in [0.25, 0.3) is 10.0 Å². The number of aromatic nitrogens is 1. The first-order valence-corrected chi connectivity index (χ1v) is 11.6. The summed E-state index contributed by atoms with van der Waals surface area (Å²) in [7, 11) is -4.43. The molecule has 2 rings (SSSR count). The molecular weight excluding hydrogens is 457 g/mol. The Morgan fingerprint density at radius 3 is 2.42 bits per heavy atom. The standard InChI is InChI=1S/C18H23F3N4O4S2/c1-4-10-25(16(26)24-13-6-8-14(9-7-13)29-5-2)17-23-12(3)15(30-17)31(27,28)22-11-18(19,20)21/h6-9,22H,4-5,10-11H2,1-3H3,(H,24,26). The number of nitrogens with zero attached hydrogens (tertiary/aromatic N) is 2. The van der Waals surface area contributed by atoms with E-state index in [1.165, 1.54) is 16.5 Å². The lowest BCUT2D eigenvalue weighted by Gasteiger charge is -2.19. The van der Waals surface area contributed by atoms with Crippen LogP contribution in [-0.2, 0) is 10.0 Å². The summed E-state index contributed by atoms with van der Waals surface area (Å²) < 4.78 is 68.2. The number of rotatable bonds is 9. The number of sulfonamides is 1. The summed E-state index contributed by atoms with van der Waals surface area (Å²) in [4.78, 5) is 18.1. The third-order valence-electron chi connectivity index (χ3n) is 3.79. The number of anilines is 2. The number of alkyl halides is 3. The molecule has 0 saturated carbocycles. The summed E-state index contributed by atoms with van der Waals surface area (Å²) in [5.74, 6) is 0.641. The van der Waals surface area contributed by atoms with Crippen molar-refractivity contribution in [3.05, 3.63) is 30.0 Å². The number of benzene rings is 1. The number of aryl methyl sites for hydroxylation is 1. The maximum atomic E-state index is 12.8. The zero-order chi connectivity index (χ0) is 23.2. The van der Waals surface area contributed by atoms with Crippen LogP contribution in [0.4, 0.5) is 28.8 Å². The molecule has 0 atom stereocenters. The van der Waals surface area contributed by atoms with Crippen molar-refractivity contribution in [2.75, 3.05) is 29.9 Å². The van der Waals surface area contributed by atoms with Crippen molar-refractivity contribution in [1.82, 2.24) is 9.71 Å². The van der Waals surface area contributed by atoms with E-state index in [0.717, 1.165) is 0 Å². The summed E-state index contributed by atoms with van der Waals surface area (Å²) in [5, 5.41) is 2.76. The molecule has 172 valence electrons. The molecule has 0 unspecified atom stereocenters. The monoisotopic (exact) mass is 480 g/mol. The largest absolute Gasteiger partial charge is 0.494 e. The van der Waals surface area contributed by atoms with Gasteiger partial charge in [-0.2, -0.15) is 13.2 Å². The number of thiazole rings is 1. The predicted molar refractivity (Wildman–Crippen MR) is 112 cm³/mol. The van der Waals surface area contributed by atoms with Gasteiger partial charge in [0.15, 0.2) is 9.34 Å². The Hall–Kier alpha value is -2.38. The lowest BCUT2D eigenvalue weighted by molar-refractivity contribution is -0.121. The minimum Gasteiger partial charge on any atom is -0.494 e. The molecule has 0 bridgehead atoms. The van der Waals surface area contributed by atoms with E-state index in [4.69, 9.17) is 4.74 Å². The van der Waals surface area contributed by atoms with E-state index >= 15 is 0 Å². The Balaban J connectivity index is 2.22. The summed E-state index contributed by atoms with van der Waals surface area (Å²) in [5.41, 5.74) is 0.493. The van der Waals surface area contributed by atoms with Crippen molar-refractivity contribution < 1.29 is 31.1 Å². The van der Waals surface area contributed by atoms with Crippen LogP contribution in [0.25, 0.3) is 0 Å². The molecule has 0 spiro atoms. The minimum absolute atomic E-state index is 0.00430. The molecule has 1 heterocycles. The Morgan fingerprint density at radius 2 is 1.87 bits per heavy atom. The Morgan fingerprint density at radius 1 is 1.23 bits per heavy atom. The van der Waals surface area contributed by atoms with Crippen molar-refractivity contribution in [3.63, 3.8) is 0 Å². The maximum Gasteiger partial charge on any atom is 0.402 e. The van der Waals surface area contributed by atoms with Crippen LogP contribution in [0.2, 0.25) is 0 Å². The van der Waals surface area contributed by atoms with Gasteiger partial charge in [0, 0.05) is 12.2 Å². The van der Waals surface area contributed by atoms with Gasteiger partial charge in [0.05, 0.1) is 12.3 Å². The number of carbonyl (C=O) groups is 1. The van der Waals surface area contributed by atoms with Gasteiger partial charge in [0.2, 0.25) is 0 Å². The predicted octanol–water partition coefficient (Wildman–Crippen LogP) is 4.14. The van der Waals surface area contributed by atoms with Crippen molar-refractivity contribution in [2.24, 2.45) is 0 Å². The van der Waals surface area contributed by atoms with Crippen LogP contribution < -0.4 is 19.7 Å². The molecule has 2 amide bonds. The first kappa shape index (κ1) is 24.9. The van der Waals surface area contributed by atoms with Gasteiger partial charge in [0.1, 0.15) is 12.3 Å². The molecule has 2 N–H and O–H groups in total. The Labute approximate surface area is 182 Å². The molecule has 2 aromatic rings. The molecule has 0 aliphatic rings. The highest BCUT2D eigenvalue weighted by Gasteiger charge is 2.32. The number of hydrogen-bond donors (Lipinski definition) is 2. The van der Waals surface area contributed by atoms with Crippen LogP contribution in [0.3, 0.4) is 0 Å². The molecular formula is C18H23F3N4O4S2. The van der Waals surface area contributed by atoms with Crippen LogP contribution in [0.15, 0.2) is 28.5 Å². The van der Waals surface area contributed by atoms with E-state index in [9.17, 15) is 26.4 Å². The van der Waals surface area contributed by atoms with Gasteiger partial charge >= 0.3 is 12.2 Å². The third-order valence-corrected chi connectivity index (χ3v) is 6.98. The Kier molecular flexibility index (Phi) is 8.26.